The molecule has 0 saturated carbocycles. The summed E-state index contributed by atoms with van der Waals surface area (Å²) in [5.74, 6) is 0.555. The zero-order valence-corrected chi connectivity index (χ0v) is 34.8. The number of fused-ring (bicyclic) bond motifs is 5. The smallest absolute Gasteiger partial charge is 0.220 e. The summed E-state index contributed by atoms with van der Waals surface area (Å²) in [6.07, 6.45) is 5.91. The molecule has 1 aliphatic rings. The van der Waals surface area contributed by atoms with Crippen LogP contribution in [0.2, 0.25) is 0 Å². The van der Waals surface area contributed by atoms with Crippen molar-refractivity contribution in [1.29, 1.82) is 0 Å². The largest absolute Gasteiger partial charge is 0.464 e. The van der Waals surface area contributed by atoms with Gasteiger partial charge in [-0.3, -0.25) is 0 Å². The van der Waals surface area contributed by atoms with Gasteiger partial charge in [-0.05, 0) is 110 Å². The first-order chi connectivity index (χ1) is 31.7. The Morgan fingerprint density at radius 3 is 1.81 bits per heavy atom. The first-order valence-electron chi connectivity index (χ1n) is 21.7. The van der Waals surface area contributed by atoms with Crippen LogP contribution in [0.5, 0.6) is 0 Å². The third-order valence-electron chi connectivity index (χ3n) is 12.7. The molecule has 9 aromatic carbocycles. The van der Waals surface area contributed by atoms with Crippen LogP contribution in [0.4, 0.5) is 17.1 Å². The molecule has 0 bridgehead atoms. The molecule has 4 nitrogen and oxygen atoms in total. The van der Waals surface area contributed by atoms with Crippen LogP contribution in [-0.2, 0) is 5.41 Å². The standard InChI is InChI=1S/C60H40N2O2/c1-3-17-41(18-4-1)42-33-36-46(37-34-42)62(47-23-15-22-45(39-47)60(44-20-5-2-6-21-44)52-27-11-9-25-49(52)50-26-10-12-28-53(50)60)55-30-16-32-57-59(55)51(40-63-57)48-24-8-7-19-43(48)35-38-58-61-54-29-13-14-31-56(54)64-58/h1-40H/b38-35+. The molecule has 1 aliphatic carbocycles. The average Bonchev–Trinajstić information content (AvgIpc) is 4.08. The van der Waals surface area contributed by atoms with E-state index in [1.807, 2.05) is 36.6 Å². The Morgan fingerprint density at radius 1 is 0.438 bits per heavy atom. The minimum atomic E-state index is -0.555. The van der Waals surface area contributed by atoms with E-state index in [4.69, 9.17) is 13.8 Å². The molecule has 64 heavy (non-hydrogen) atoms. The Kier molecular flexibility index (Phi) is 9.01. The second kappa shape index (κ2) is 15.5. The minimum absolute atomic E-state index is 0.555. The summed E-state index contributed by atoms with van der Waals surface area (Å²) in [5.41, 5.74) is 17.8. The van der Waals surface area contributed by atoms with E-state index in [0.717, 1.165) is 61.4 Å². The highest BCUT2D eigenvalue weighted by Gasteiger charge is 2.46. The molecule has 2 heterocycles. The number of hydrogen-bond acceptors (Lipinski definition) is 4. The summed E-state index contributed by atoms with van der Waals surface area (Å²) >= 11 is 0. The molecular weight excluding hydrogens is 781 g/mol. The lowest BCUT2D eigenvalue weighted by atomic mass is 9.67. The summed E-state index contributed by atoms with van der Waals surface area (Å²) in [4.78, 5) is 7.10. The molecule has 0 amide bonds. The molecule has 2 aromatic heterocycles. The van der Waals surface area contributed by atoms with Gasteiger partial charge in [0.05, 0.1) is 22.8 Å². The summed E-state index contributed by atoms with van der Waals surface area (Å²) in [6, 6.07) is 80.0. The first kappa shape index (κ1) is 37.3. The lowest BCUT2D eigenvalue weighted by molar-refractivity contribution is 0.589. The number of para-hydroxylation sites is 2. The maximum atomic E-state index is 6.48. The van der Waals surface area contributed by atoms with Gasteiger partial charge >= 0.3 is 0 Å². The fraction of sp³-hybridized carbons (Fsp3) is 0.0167. The summed E-state index contributed by atoms with van der Waals surface area (Å²) < 4.78 is 12.5. The van der Waals surface area contributed by atoms with E-state index in [2.05, 4.69) is 211 Å². The van der Waals surface area contributed by atoms with E-state index in [1.165, 1.54) is 38.9 Å². The fourth-order valence-electron chi connectivity index (χ4n) is 9.92. The third-order valence-corrected chi connectivity index (χ3v) is 12.7. The molecular formula is C60H40N2O2. The number of hydrogen-bond donors (Lipinski definition) is 0. The van der Waals surface area contributed by atoms with Gasteiger partial charge in [-0.2, -0.15) is 0 Å². The Morgan fingerprint density at radius 2 is 1.05 bits per heavy atom. The zero-order chi connectivity index (χ0) is 42.5. The highest BCUT2D eigenvalue weighted by Crippen LogP contribution is 2.57. The predicted octanol–water partition coefficient (Wildman–Crippen LogP) is 15.9. The third kappa shape index (κ3) is 6.11. The highest BCUT2D eigenvalue weighted by atomic mass is 16.3. The van der Waals surface area contributed by atoms with Crippen LogP contribution in [0.15, 0.2) is 240 Å². The van der Waals surface area contributed by atoms with Gasteiger partial charge in [0, 0.05) is 23.0 Å². The molecule has 0 unspecified atom stereocenters. The Labute approximate surface area is 371 Å². The Hall–Kier alpha value is -8.47. The molecule has 0 atom stereocenters. The second-order valence-corrected chi connectivity index (χ2v) is 16.2. The van der Waals surface area contributed by atoms with Gasteiger partial charge in [-0.15, -0.1) is 0 Å². The molecule has 0 saturated heterocycles. The van der Waals surface area contributed by atoms with Crippen molar-refractivity contribution in [3.05, 3.63) is 264 Å². The van der Waals surface area contributed by atoms with Crippen LogP contribution in [0.3, 0.4) is 0 Å². The molecule has 0 aliphatic heterocycles. The van der Waals surface area contributed by atoms with Crippen molar-refractivity contribution in [2.45, 2.75) is 5.41 Å². The SMILES string of the molecule is C(=C\c1ccccc1-c1coc2cccc(N(c3ccc(-c4ccccc4)cc3)c3cccc(C4(c5ccccc5)c5ccccc5-c5ccccc54)c3)c12)/c1nc2ccccc2o1. The summed E-state index contributed by atoms with van der Waals surface area (Å²) in [7, 11) is 0. The van der Waals surface area contributed by atoms with Crippen LogP contribution in [0.1, 0.15) is 33.7 Å². The fourth-order valence-corrected chi connectivity index (χ4v) is 9.92. The molecule has 11 aromatic rings. The van der Waals surface area contributed by atoms with E-state index in [9.17, 15) is 0 Å². The molecule has 0 fully saturated rings. The van der Waals surface area contributed by atoms with Gasteiger partial charge in [0.25, 0.3) is 0 Å². The average molecular weight is 821 g/mol. The monoisotopic (exact) mass is 820 g/mol. The van der Waals surface area contributed by atoms with Gasteiger partial charge in [-0.1, -0.05) is 176 Å². The van der Waals surface area contributed by atoms with Crippen LogP contribution >= 0.6 is 0 Å². The Bertz CT molecular complexity index is 3430. The summed E-state index contributed by atoms with van der Waals surface area (Å²) in [6.45, 7) is 0. The molecule has 4 heteroatoms. The number of anilines is 3. The lowest BCUT2D eigenvalue weighted by Gasteiger charge is -2.35. The van der Waals surface area contributed by atoms with Gasteiger partial charge in [0.2, 0.25) is 5.89 Å². The van der Waals surface area contributed by atoms with Gasteiger partial charge in [0.15, 0.2) is 5.58 Å². The van der Waals surface area contributed by atoms with Crippen LogP contribution < -0.4 is 4.90 Å². The van der Waals surface area contributed by atoms with Gasteiger partial charge in [-0.25, -0.2) is 4.98 Å². The molecule has 0 radical (unpaired) electrons. The van der Waals surface area contributed by atoms with E-state index in [1.54, 1.807) is 0 Å². The number of nitrogens with zero attached hydrogens (tertiary/aromatic N) is 2. The summed E-state index contributed by atoms with van der Waals surface area (Å²) in [5, 5.41) is 1.01. The molecule has 302 valence electrons. The maximum absolute atomic E-state index is 6.48. The van der Waals surface area contributed by atoms with Crippen LogP contribution in [-0.4, -0.2) is 4.98 Å². The van der Waals surface area contributed by atoms with E-state index < -0.39 is 5.41 Å². The van der Waals surface area contributed by atoms with Crippen molar-refractivity contribution >= 4 is 51.3 Å². The van der Waals surface area contributed by atoms with E-state index in [0.29, 0.717) is 5.89 Å². The van der Waals surface area contributed by atoms with Crippen molar-refractivity contribution < 1.29 is 8.83 Å². The van der Waals surface area contributed by atoms with Gasteiger partial charge < -0.3 is 13.7 Å². The van der Waals surface area contributed by atoms with Crippen molar-refractivity contribution in [2.75, 3.05) is 4.90 Å². The minimum Gasteiger partial charge on any atom is -0.464 e. The lowest BCUT2D eigenvalue weighted by Crippen LogP contribution is -2.28. The van der Waals surface area contributed by atoms with E-state index >= 15 is 0 Å². The highest BCUT2D eigenvalue weighted by molar-refractivity contribution is 6.07. The topological polar surface area (TPSA) is 42.4 Å². The maximum Gasteiger partial charge on any atom is 0.220 e. The molecule has 0 spiro atoms. The number of furan rings is 1. The van der Waals surface area contributed by atoms with E-state index in [-0.39, 0.29) is 0 Å². The molecule has 0 N–H and O–H groups in total. The number of oxazole rings is 1. The number of benzene rings is 9. The normalized spacial score (nSPS) is 12.8. The number of aromatic nitrogens is 1. The van der Waals surface area contributed by atoms with Crippen LogP contribution in [0, 0.1) is 0 Å². The first-order valence-corrected chi connectivity index (χ1v) is 21.7. The quantitative estimate of drug-likeness (QED) is 0.145. The van der Waals surface area contributed by atoms with Crippen molar-refractivity contribution in [2.24, 2.45) is 0 Å². The van der Waals surface area contributed by atoms with Crippen LogP contribution in [0.25, 0.3) is 67.6 Å². The second-order valence-electron chi connectivity index (χ2n) is 16.2. The van der Waals surface area contributed by atoms with Crippen molar-refractivity contribution in [3.63, 3.8) is 0 Å². The van der Waals surface area contributed by atoms with Crippen molar-refractivity contribution in [1.82, 2.24) is 4.98 Å². The van der Waals surface area contributed by atoms with Gasteiger partial charge in [0.1, 0.15) is 11.1 Å². The zero-order valence-electron chi connectivity index (χ0n) is 34.8. The predicted molar refractivity (Wildman–Crippen MR) is 262 cm³/mol. The molecule has 12 rings (SSSR count). The Balaban J connectivity index is 1.06. The number of rotatable bonds is 9. The van der Waals surface area contributed by atoms with Crippen molar-refractivity contribution in [3.8, 4) is 33.4 Å².